The fourth-order valence-corrected chi connectivity index (χ4v) is 4.95. The second-order valence-electron chi connectivity index (χ2n) is 8.02. The molecule has 120 valence electrons. The van der Waals surface area contributed by atoms with Crippen LogP contribution in [0.25, 0.3) is 0 Å². The van der Waals surface area contributed by atoms with Gasteiger partial charge in [0, 0.05) is 37.8 Å². The van der Waals surface area contributed by atoms with Crippen molar-refractivity contribution in [1.82, 2.24) is 10.2 Å². The van der Waals surface area contributed by atoms with Crippen LogP contribution in [0.1, 0.15) is 64.2 Å². The zero-order chi connectivity index (χ0) is 14.1. The van der Waals surface area contributed by atoms with Crippen LogP contribution in [-0.2, 0) is 4.74 Å². The van der Waals surface area contributed by atoms with Gasteiger partial charge in [-0.2, -0.15) is 0 Å². The van der Waals surface area contributed by atoms with E-state index < -0.39 is 0 Å². The second kappa shape index (κ2) is 6.17. The molecule has 3 heteroatoms. The van der Waals surface area contributed by atoms with E-state index in [2.05, 4.69) is 10.2 Å². The molecule has 1 spiro atoms. The van der Waals surface area contributed by atoms with E-state index >= 15 is 0 Å². The molecule has 2 saturated carbocycles. The van der Waals surface area contributed by atoms with Crippen LogP contribution in [0.5, 0.6) is 0 Å². The number of nitrogens with one attached hydrogen (secondary N) is 1. The van der Waals surface area contributed by atoms with E-state index in [9.17, 15) is 0 Å². The zero-order valence-corrected chi connectivity index (χ0v) is 13.5. The van der Waals surface area contributed by atoms with E-state index in [4.69, 9.17) is 4.74 Å². The van der Waals surface area contributed by atoms with Crippen LogP contribution < -0.4 is 5.32 Å². The summed E-state index contributed by atoms with van der Waals surface area (Å²) in [5.41, 5.74) is 0.459. The molecule has 2 saturated heterocycles. The van der Waals surface area contributed by atoms with Crippen molar-refractivity contribution in [3.63, 3.8) is 0 Å². The van der Waals surface area contributed by atoms with E-state index in [0.717, 1.165) is 18.6 Å². The number of hydrogen-bond acceptors (Lipinski definition) is 3. The summed E-state index contributed by atoms with van der Waals surface area (Å²) in [5, 5.41) is 3.99. The van der Waals surface area contributed by atoms with Gasteiger partial charge in [-0.1, -0.05) is 19.3 Å². The van der Waals surface area contributed by atoms with Crippen molar-refractivity contribution in [3.8, 4) is 0 Å². The lowest BCUT2D eigenvalue weighted by molar-refractivity contribution is 0.0289. The molecule has 0 aromatic rings. The summed E-state index contributed by atoms with van der Waals surface area (Å²) >= 11 is 0. The smallest absolute Gasteiger partial charge is 0.0588 e. The molecule has 0 radical (unpaired) electrons. The van der Waals surface area contributed by atoms with Crippen molar-refractivity contribution in [2.45, 2.75) is 81.9 Å². The first-order chi connectivity index (χ1) is 10.3. The predicted molar refractivity (Wildman–Crippen MR) is 85.5 cm³/mol. The molecule has 2 heterocycles. The van der Waals surface area contributed by atoms with Gasteiger partial charge in [0.2, 0.25) is 0 Å². The molecular weight excluding hydrogens is 260 g/mol. The van der Waals surface area contributed by atoms with Gasteiger partial charge in [0.05, 0.1) is 6.10 Å². The van der Waals surface area contributed by atoms with Gasteiger partial charge in [0.25, 0.3) is 0 Å². The number of piperazine rings is 1. The largest absolute Gasteiger partial charge is 0.378 e. The molecule has 0 aromatic heterocycles. The third-order valence-electron chi connectivity index (χ3n) is 6.40. The van der Waals surface area contributed by atoms with Crippen molar-refractivity contribution < 1.29 is 4.74 Å². The molecule has 4 fully saturated rings. The SMILES string of the molecule is C1CCC2(CC1)CN(CCC1CCCO1)C(C1CC1)CN2. The maximum absolute atomic E-state index is 5.85. The summed E-state index contributed by atoms with van der Waals surface area (Å²) in [6.07, 6.45) is 14.5. The summed E-state index contributed by atoms with van der Waals surface area (Å²) in [7, 11) is 0. The van der Waals surface area contributed by atoms with Crippen molar-refractivity contribution in [2.24, 2.45) is 5.92 Å². The highest BCUT2D eigenvalue weighted by Gasteiger charge is 2.44. The van der Waals surface area contributed by atoms with E-state index in [1.54, 1.807) is 0 Å². The molecule has 0 amide bonds. The molecule has 4 aliphatic rings. The van der Waals surface area contributed by atoms with Gasteiger partial charge < -0.3 is 10.1 Å². The van der Waals surface area contributed by atoms with Crippen molar-refractivity contribution in [1.29, 1.82) is 0 Å². The van der Waals surface area contributed by atoms with E-state index in [0.29, 0.717) is 11.6 Å². The van der Waals surface area contributed by atoms with E-state index in [1.807, 2.05) is 0 Å². The first-order valence-electron chi connectivity index (χ1n) is 9.45. The van der Waals surface area contributed by atoms with Gasteiger partial charge in [0.15, 0.2) is 0 Å². The van der Waals surface area contributed by atoms with Crippen LogP contribution >= 0.6 is 0 Å². The van der Waals surface area contributed by atoms with Crippen LogP contribution in [0.15, 0.2) is 0 Å². The minimum Gasteiger partial charge on any atom is -0.378 e. The average molecular weight is 292 g/mol. The lowest BCUT2D eigenvalue weighted by Crippen LogP contribution is -2.65. The summed E-state index contributed by atoms with van der Waals surface area (Å²) < 4.78 is 5.85. The normalized spacial score (nSPS) is 37.1. The Bertz CT molecular complexity index is 343. The van der Waals surface area contributed by atoms with Gasteiger partial charge in [-0.05, 0) is 50.9 Å². The van der Waals surface area contributed by atoms with Crippen molar-refractivity contribution in [2.75, 3.05) is 26.2 Å². The first kappa shape index (κ1) is 14.5. The molecule has 1 N–H and O–H groups in total. The van der Waals surface area contributed by atoms with Gasteiger partial charge in [-0.15, -0.1) is 0 Å². The van der Waals surface area contributed by atoms with Gasteiger partial charge in [0.1, 0.15) is 0 Å². The van der Waals surface area contributed by atoms with Crippen LogP contribution in [0, 0.1) is 5.92 Å². The summed E-state index contributed by atoms with van der Waals surface area (Å²) in [4.78, 5) is 2.86. The molecule has 0 bridgehead atoms. The number of ether oxygens (including phenoxy) is 1. The minimum absolute atomic E-state index is 0.459. The zero-order valence-electron chi connectivity index (χ0n) is 13.5. The number of nitrogens with zero attached hydrogens (tertiary/aromatic N) is 1. The molecule has 4 rings (SSSR count). The third-order valence-corrected chi connectivity index (χ3v) is 6.40. The lowest BCUT2D eigenvalue weighted by Gasteiger charge is -2.50. The van der Waals surface area contributed by atoms with Crippen molar-refractivity contribution in [3.05, 3.63) is 0 Å². The Kier molecular flexibility index (Phi) is 4.25. The molecule has 2 unspecified atom stereocenters. The monoisotopic (exact) mass is 292 g/mol. The summed E-state index contributed by atoms with van der Waals surface area (Å²) in [6, 6.07) is 0.818. The van der Waals surface area contributed by atoms with Crippen molar-refractivity contribution >= 4 is 0 Å². The van der Waals surface area contributed by atoms with Crippen LogP contribution in [0.4, 0.5) is 0 Å². The maximum atomic E-state index is 5.85. The predicted octanol–water partition coefficient (Wildman–Crippen LogP) is 2.94. The Hall–Kier alpha value is -0.120. The Morgan fingerprint density at radius 3 is 2.62 bits per heavy atom. The fourth-order valence-electron chi connectivity index (χ4n) is 4.95. The lowest BCUT2D eigenvalue weighted by atomic mass is 9.79. The highest BCUT2D eigenvalue weighted by Crippen LogP contribution is 2.40. The summed E-state index contributed by atoms with van der Waals surface area (Å²) in [6.45, 7) is 4.83. The minimum atomic E-state index is 0.459. The molecular formula is C18H32N2O. The van der Waals surface area contributed by atoms with Crippen LogP contribution in [-0.4, -0.2) is 48.8 Å². The van der Waals surface area contributed by atoms with Gasteiger partial charge in [-0.3, -0.25) is 4.90 Å². The summed E-state index contributed by atoms with van der Waals surface area (Å²) in [5.74, 6) is 0.989. The average Bonchev–Trinajstić information content (AvgIpc) is 3.22. The number of hydrogen-bond donors (Lipinski definition) is 1. The molecule has 2 aliphatic carbocycles. The van der Waals surface area contributed by atoms with Crippen LogP contribution in [0.3, 0.4) is 0 Å². The van der Waals surface area contributed by atoms with Crippen LogP contribution in [0.2, 0.25) is 0 Å². The Labute approximate surface area is 129 Å². The Morgan fingerprint density at radius 2 is 1.90 bits per heavy atom. The molecule has 0 aromatic carbocycles. The molecule has 3 nitrogen and oxygen atoms in total. The van der Waals surface area contributed by atoms with E-state index in [1.165, 1.54) is 83.8 Å². The maximum Gasteiger partial charge on any atom is 0.0588 e. The molecule has 2 atom stereocenters. The van der Waals surface area contributed by atoms with Gasteiger partial charge >= 0.3 is 0 Å². The fraction of sp³-hybridized carbons (Fsp3) is 1.00. The highest BCUT2D eigenvalue weighted by atomic mass is 16.5. The quantitative estimate of drug-likeness (QED) is 0.862. The first-order valence-corrected chi connectivity index (χ1v) is 9.45. The number of rotatable bonds is 4. The second-order valence-corrected chi connectivity index (χ2v) is 8.02. The molecule has 21 heavy (non-hydrogen) atoms. The Morgan fingerprint density at radius 1 is 1.05 bits per heavy atom. The molecule has 2 aliphatic heterocycles. The standard InChI is InChI=1S/C18H32N2O/c1-2-9-18(10-3-1)14-20(11-8-16-5-4-12-21-16)17(13-19-18)15-6-7-15/h15-17,19H,1-14H2. The van der Waals surface area contributed by atoms with E-state index in [-0.39, 0.29) is 0 Å². The third kappa shape index (κ3) is 3.30. The Balaban J connectivity index is 1.38. The highest BCUT2D eigenvalue weighted by molar-refractivity contribution is 5.03. The van der Waals surface area contributed by atoms with Gasteiger partial charge in [-0.25, -0.2) is 0 Å². The topological polar surface area (TPSA) is 24.5 Å².